The summed E-state index contributed by atoms with van der Waals surface area (Å²) in [5.41, 5.74) is 4.44. The Morgan fingerprint density at radius 1 is 0.947 bits per heavy atom. The second-order valence-corrected chi connectivity index (χ2v) is 5.03. The monoisotopic (exact) mass is 253 g/mol. The molecule has 2 aromatic carbocycles. The molecule has 4 heteroatoms. The van der Waals surface area contributed by atoms with Gasteiger partial charge < -0.3 is 10.0 Å². The highest BCUT2D eigenvalue weighted by Crippen LogP contribution is 2.23. The van der Waals surface area contributed by atoms with Gasteiger partial charge in [0.15, 0.2) is 0 Å². The third kappa shape index (κ3) is 2.71. The maximum absolute atomic E-state index is 9.19. The third-order valence-corrected chi connectivity index (χ3v) is 3.56. The van der Waals surface area contributed by atoms with Crippen LogP contribution in [-0.2, 0) is 19.6 Å². The Hall–Kier alpha value is -1.62. The molecular formula is C15H16BNO2. The molecule has 0 bridgehead atoms. The van der Waals surface area contributed by atoms with Gasteiger partial charge in [-0.05, 0) is 22.2 Å². The van der Waals surface area contributed by atoms with Crippen LogP contribution >= 0.6 is 0 Å². The van der Waals surface area contributed by atoms with Gasteiger partial charge in [0.2, 0.25) is 0 Å². The van der Waals surface area contributed by atoms with E-state index in [0.29, 0.717) is 5.46 Å². The molecular weight excluding hydrogens is 237 g/mol. The molecule has 3 rings (SSSR count). The lowest BCUT2D eigenvalue weighted by molar-refractivity contribution is 0.275. The van der Waals surface area contributed by atoms with E-state index in [4.69, 9.17) is 0 Å². The van der Waals surface area contributed by atoms with Gasteiger partial charge in [-0.2, -0.15) is 0 Å². The normalized spacial score (nSPS) is 14.4. The van der Waals surface area contributed by atoms with E-state index < -0.39 is 7.12 Å². The van der Waals surface area contributed by atoms with E-state index in [1.54, 1.807) is 6.07 Å². The average molecular weight is 253 g/mol. The minimum atomic E-state index is -1.39. The largest absolute Gasteiger partial charge is 0.488 e. The van der Waals surface area contributed by atoms with Gasteiger partial charge in [-0.25, -0.2) is 0 Å². The van der Waals surface area contributed by atoms with Crippen molar-refractivity contribution >= 4 is 12.6 Å². The molecule has 3 nitrogen and oxygen atoms in total. The van der Waals surface area contributed by atoms with Gasteiger partial charge >= 0.3 is 7.12 Å². The van der Waals surface area contributed by atoms with E-state index in [1.165, 1.54) is 11.1 Å². The molecule has 1 aliphatic rings. The molecule has 0 spiro atoms. The van der Waals surface area contributed by atoms with Gasteiger partial charge in [-0.15, -0.1) is 0 Å². The van der Waals surface area contributed by atoms with Crippen molar-refractivity contribution in [3.8, 4) is 0 Å². The Morgan fingerprint density at radius 2 is 1.63 bits per heavy atom. The number of hydrogen-bond acceptors (Lipinski definition) is 3. The van der Waals surface area contributed by atoms with Crippen LogP contribution in [0.2, 0.25) is 0 Å². The van der Waals surface area contributed by atoms with Crippen LogP contribution in [0, 0.1) is 0 Å². The summed E-state index contributed by atoms with van der Waals surface area (Å²) < 4.78 is 0. The molecule has 1 aliphatic heterocycles. The molecule has 0 radical (unpaired) electrons. The van der Waals surface area contributed by atoms with Crippen LogP contribution in [0.1, 0.15) is 16.7 Å². The molecule has 0 aliphatic carbocycles. The van der Waals surface area contributed by atoms with E-state index in [2.05, 4.69) is 29.2 Å². The van der Waals surface area contributed by atoms with Crippen molar-refractivity contribution in [2.24, 2.45) is 0 Å². The first-order valence-electron chi connectivity index (χ1n) is 6.46. The van der Waals surface area contributed by atoms with E-state index in [0.717, 1.165) is 25.2 Å². The van der Waals surface area contributed by atoms with E-state index in [9.17, 15) is 10.0 Å². The zero-order chi connectivity index (χ0) is 13.2. The van der Waals surface area contributed by atoms with Gasteiger partial charge in [-0.3, -0.25) is 4.90 Å². The molecule has 0 fully saturated rings. The van der Waals surface area contributed by atoms with Crippen LogP contribution in [0.3, 0.4) is 0 Å². The molecule has 2 aromatic rings. The highest BCUT2D eigenvalue weighted by Gasteiger charge is 2.18. The predicted octanol–water partition coefficient (Wildman–Crippen LogP) is 0.882. The molecule has 0 saturated heterocycles. The number of nitrogens with zero attached hydrogens (tertiary/aromatic N) is 1. The quantitative estimate of drug-likeness (QED) is 0.798. The van der Waals surface area contributed by atoms with Gasteiger partial charge in [0, 0.05) is 19.6 Å². The Kier molecular flexibility index (Phi) is 3.38. The van der Waals surface area contributed by atoms with Crippen LogP contribution in [-0.4, -0.2) is 22.1 Å². The molecule has 0 aromatic heterocycles. The van der Waals surface area contributed by atoms with E-state index in [1.807, 2.05) is 18.2 Å². The summed E-state index contributed by atoms with van der Waals surface area (Å²) in [5, 5.41) is 18.4. The second kappa shape index (κ2) is 5.17. The molecule has 0 atom stereocenters. The number of hydrogen-bond donors (Lipinski definition) is 2. The second-order valence-electron chi connectivity index (χ2n) is 5.03. The summed E-state index contributed by atoms with van der Waals surface area (Å²) in [6.07, 6.45) is 0. The Labute approximate surface area is 113 Å². The van der Waals surface area contributed by atoms with E-state index in [-0.39, 0.29) is 0 Å². The smallest absolute Gasteiger partial charge is 0.423 e. The predicted molar refractivity (Wildman–Crippen MR) is 75.7 cm³/mol. The zero-order valence-corrected chi connectivity index (χ0v) is 10.7. The Morgan fingerprint density at radius 3 is 2.26 bits per heavy atom. The maximum atomic E-state index is 9.19. The number of rotatable bonds is 3. The fraction of sp³-hybridized carbons (Fsp3) is 0.200. The van der Waals surface area contributed by atoms with Gasteiger partial charge in [0.1, 0.15) is 0 Å². The van der Waals surface area contributed by atoms with Crippen molar-refractivity contribution < 1.29 is 10.0 Å². The fourth-order valence-corrected chi connectivity index (χ4v) is 2.63. The number of benzene rings is 2. The molecule has 0 unspecified atom stereocenters. The summed E-state index contributed by atoms with van der Waals surface area (Å²) in [6.45, 7) is 2.75. The third-order valence-electron chi connectivity index (χ3n) is 3.56. The molecule has 0 amide bonds. The van der Waals surface area contributed by atoms with Crippen LogP contribution in [0.25, 0.3) is 0 Å². The van der Waals surface area contributed by atoms with Crippen LogP contribution in [0.15, 0.2) is 48.5 Å². The maximum Gasteiger partial charge on any atom is 0.488 e. The minimum absolute atomic E-state index is 0.550. The summed E-state index contributed by atoms with van der Waals surface area (Å²) in [5.74, 6) is 0. The van der Waals surface area contributed by atoms with Crippen molar-refractivity contribution in [1.82, 2.24) is 4.90 Å². The van der Waals surface area contributed by atoms with Crippen LogP contribution in [0.4, 0.5) is 0 Å². The highest BCUT2D eigenvalue weighted by atomic mass is 16.4. The SMILES string of the molecule is OB(O)c1cccc(CN2Cc3ccccc3C2)c1. The average Bonchev–Trinajstić information content (AvgIpc) is 2.81. The molecule has 96 valence electrons. The number of fused-ring (bicyclic) bond motifs is 1. The van der Waals surface area contributed by atoms with Crippen LogP contribution in [0.5, 0.6) is 0 Å². The first kappa shape index (κ1) is 12.4. The van der Waals surface area contributed by atoms with Crippen molar-refractivity contribution in [3.05, 3.63) is 65.2 Å². The van der Waals surface area contributed by atoms with Crippen LogP contribution < -0.4 is 5.46 Å². The molecule has 19 heavy (non-hydrogen) atoms. The van der Waals surface area contributed by atoms with Crippen molar-refractivity contribution in [2.45, 2.75) is 19.6 Å². The van der Waals surface area contributed by atoms with Gasteiger partial charge in [0.05, 0.1) is 0 Å². The fourth-order valence-electron chi connectivity index (χ4n) is 2.63. The zero-order valence-electron chi connectivity index (χ0n) is 10.7. The molecule has 1 heterocycles. The lowest BCUT2D eigenvalue weighted by Crippen LogP contribution is -2.30. The molecule has 0 saturated carbocycles. The summed E-state index contributed by atoms with van der Waals surface area (Å²) >= 11 is 0. The summed E-state index contributed by atoms with van der Waals surface area (Å²) in [6, 6.07) is 16.0. The Bertz CT molecular complexity index is 561. The Balaban J connectivity index is 1.72. The lowest BCUT2D eigenvalue weighted by Gasteiger charge is -2.15. The first-order chi connectivity index (χ1) is 9.22. The van der Waals surface area contributed by atoms with Crippen molar-refractivity contribution in [1.29, 1.82) is 0 Å². The molecule has 2 N–H and O–H groups in total. The highest BCUT2D eigenvalue weighted by molar-refractivity contribution is 6.58. The standard InChI is InChI=1S/C15H16BNO2/c18-16(19)15-7-3-4-12(8-15)9-17-10-13-5-1-2-6-14(13)11-17/h1-8,18-19H,9-11H2. The van der Waals surface area contributed by atoms with Gasteiger partial charge in [0.25, 0.3) is 0 Å². The minimum Gasteiger partial charge on any atom is -0.423 e. The topological polar surface area (TPSA) is 43.7 Å². The summed E-state index contributed by atoms with van der Waals surface area (Å²) in [7, 11) is -1.39. The van der Waals surface area contributed by atoms with E-state index >= 15 is 0 Å². The first-order valence-corrected chi connectivity index (χ1v) is 6.46. The van der Waals surface area contributed by atoms with Gasteiger partial charge in [-0.1, -0.05) is 48.5 Å². The lowest BCUT2D eigenvalue weighted by atomic mass is 9.79. The van der Waals surface area contributed by atoms with Crippen molar-refractivity contribution in [2.75, 3.05) is 0 Å². The van der Waals surface area contributed by atoms with Crippen molar-refractivity contribution in [3.63, 3.8) is 0 Å². The summed E-state index contributed by atoms with van der Waals surface area (Å²) in [4.78, 5) is 2.35.